The van der Waals surface area contributed by atoms with Gasteiger partial charge in [-0.1, -0.05) is 44.5 Å². The summed E-state index contributed by atoms with van der Waals surface area (Å²) in [4.78, 5) is 12.1. The zero-order chi connectivity index (χ0) is 16.5. The number of hydrogen-bond donors (Lipinski definition) is 2. The van der Waals surface area contributed by atoms with Crippen LogP contribution >= 0.6 is 11.6 Å². The Balaban J connectivity index is 2.21. The lowest BCUT2D eigenvalue weighted by Crippen LogP contribution is -2.15. The lowest BCUT2D eigenvalue weighted by atomic mass is 9.87. The van der Waals surface area contributed by atoms with Gasteiger partial charge in [-0.25, -0.2) is 4.39 Å². The third-order valence-electron chi connectivity index (χ3n) is 3.30. The number of phenolic OH excluding ortho intramolecular Hbond substituents is 1. The molecule has 5 heteroatoms. The number of anilines is 1. The molecule has 0 aromatic heterocycles. The molecule has 2 aromatic rings. The molecule has 0 radical (unpaired) electrons. The van der Waals surface area contributed by atoms with E-state index in [0.29, 0.717) is 5.56 Å². The summed E-state index contributed by atoms with van der Waals surface area (Å²) >= 11 is 5.72. The second-order valence-corrected chi connectivity index (χ2v) is 6.47. The summed E-state index contributed by atoms with van der Waals surface area (Å²) < 4.78 is 13.7. The minimum atomic E-state index is -0.749. The summed E-state index contributed by atoms with van der Waals surface area (Å²) in [5.41, 5.74) is 1.43. The Labute approximate surface area is 133 Å². The molecular weight excluding hydrogens is 305 g/mol. The van der Waals surface area contributed by atoms with Crippen LogP contribution in [-0.2, 0) is 5.41 Å². The van der Waals surface area contributed by atoms with E-state index in [0.717, 1.165) is 11.6 Å². The van der Waals surface area contributed by atoms with Crippen LogP contribution in [0.5, 0.6) is 5.75 Å². The monoisotopic (exact) mass is 321 g/mol. The number of aromatic hydroxyl groups is 1. The minimum Gasteiger partial charge on any atom is -0.506 e. The van der Waals surface area contributed by atoms with Crippen LogP contribution in [0, 0.1) is 5.82 Å². The first-order valence-corrected chi connectivity index (χ1v) is 7.16. The molecule has 0 aliphatic carbocycles. The van der Waals surface area contributed by atoms with Gasteiger partial charge >= 0.3 is 0 Å². The van der Waals surface area contributed by atoms with Crippen LogP contribution in [0.25, 0.3) is 0 Å². The van der Waals surface area contributed by atoms with Crippen molar-refractivity contribution in [3.05, 3.63) is 58.4 Å². The maximum atomic E-state index is 13.7. The number of hydrogen-bond acceptors (Lipinski definition) is 2. The molecule has 0 fully saturated rings. The highest BCUT2D eigenvalue weighted by atomic mass is 35.5. The fraction of sp³-hybridized carbons (Fsp3) is 0.235. The van der Waals surface area contributed by atoms with E-state index in [-0.39, 0.29) is 21.9 Å². The van der Waals surface area contributed by atoms with Crippen molar-refractivity contribution in [3.8, 4) is 5.75 Å². The molecule has 3 nitrogen and oxygen atoms in total. The molecule has 0 spiro atoms. The highest BCUT2D eigenvalue weighted by molar-refractivity contribution is 6.32. The highest BCUT2D eigenvalue weighted by Gasteiger charge is 2.15. The Kier molecular flexibility index (Phi) is 4.42. The second kappa shape index (κ2) is 5.97. The van der Waals surface area contributed by atoms with Crippen molar-refractivity contribution in [1.82, 2.24) is 0 Å². The molecule has 1 amide bonds. The van der Waals surface area contributed by atoms with Gasteiger partial charge in [0.25, 0.3) is 5.91 Å². The van der Waals surface area contributed by atoms with Crippen LogP contribution in [0.1, 0.15) is 36.7 Å². The Bertz CT molecular complexity index is 706. The summed E-state index contributed by atoms with van der Waals surface area (Å²) in [6, 6.07) is 9.16. The summed E-state index contributed by atoms with van der Waals surface area (Å²) in [6.07, 6.45) is 0. The molecule has 116 valence electrons. The predicted octanol–water partition coefficient (Wildman–Crippen LogP) is 4.73. The van der Waals surface area contributed by atoms with Gasteiger partial charge in [0.1, 0.15) is 5.75 Å². The van der Waals surface area contributed by atoms with Crippen molar-refractivity contribution in [2.45, 2.75) is 26.2 Å². The third-order valence-corrected chi connectivity index (χ3v) is 3.60. The standard InChI is InChI=1S/C17H17ClFNO2/c1-17(2,3)11-6-4-10(5-7-11)16(22)20-14-8-12(18)15(21)9-13(14)19/h4-9,21H,1-3H3,(H,20,22). The van der Waals surface area contributed by atoms with Gasteiger partial charge in [0.15, 0.2) is 5.82 Å². The average Bonchev–Trinajstić information content (AvgIpc) is 2.44. The fourth-order valence-electron chi connectivity index (χ4n) is 1.95. The van der Waals surface area contributed by atoms with Gasteiger partial charge in [-0.2, -0.15) is 0 Å². The van der Waals surface area contributed by atoms with Crippen LogP contribution in [0.4, 0.5) is 10.1 Å². The van der Waals surface area contributed by atoms with E-state index in [1.54, 1.807) is 12.1 Å². The third kappa shape index (κ3) is 3.57. The van der Waals surface area contributed by atoms with Crippen molar-refractivity contribution in [3.63, 3.8) is 0 Å². The summed E-state index contributed by atoms with van der Waals surface area (Å²) in [5, 5.41) is 11.7. The largest absolute Gasteiger partial charge is 0.506 e. The number of phenols is 1. The van der Waals surface area contributed by atoms with Crippen molar-refractivity contribution in [1.29, 1.82) is 0 Å². The normalized spacial score (nSPS) is 11.3. The number of carbonyl (C=O) groups excluding carboxylic acids is 1. The zero-order valence-electron chi connectivity index (χ0n) is 12.6. The first-order chi connectivity index (χ1) is 10.2. The maximum absolute atomic E-state index is 13.7. The van der Waals surface area contributed by atoms with E-state index < -0.39 is 11.7 Å². The molecule has 0 saturated heterocycles. The number of carbonyl (C=O) groups is 1. The Morgan fingerprint density at radius 2 is 1.77 bits per heavy atom. The van der Waals surface area contributed by atoms with Crippen molar-refractivity contribution < 1.29 is 14.3 Å². The van der Waals surface area contributed by atoms with Crippen LogP contribution < -0.4 is 5.32 Å². The molecule has 2 rings (SSSR count). The molecule has 0 aliphatic heterocycles. The molecule has 2 N–H and O–H groups in total. The van der Waals surface area contributed by atoms with Crippen LogP contribution in [-0.4, -0.2) is 11.0 Å². The molecule has 0 atom stereocenters. The van der Waals surface area contributed by atoms with E-state index in [1.807, 2.05) is 12.1 Å². The maximum Gasteiger partial charge on any atom is 0.255 e. The van der Waals surface area contributed by atoms with Gasteiger partial charge < -0.3 is 10.4 Å². The van der Waals surface area contributed by atoms with Crippen molar-refractivity contribution >= 4 is 23.2 Å². The number of halogens is 2. The Hall–Kier alpha value is -2.07. The van der Waals surface area contributed by atoms with Crippen molar-refractivity contribution in [2.75, 3.05) is 5.32 Å². The number of benzene rings is 2. The SMILES string of the molecule is CC(C)(C)c1ccc(C(=O)Nc2cc(Cl)c(O)cc2F)cc1. The highest BCUT2D eigenvalue weighted by Crippen LogP contribution is 2.29. The lowest BCUT2D eigenvalue weighted by Gasteiger charge is -2.19. The van der Waals surface area contributed by atoms with Crippen LogP contribution in [0.2, 0.25) is 5.02 Å². The number of amides is 1. The molecule has 2 aromatic carbocycles. The molecule has 0 aliphatic rings. The summed E-state index contributed by atoms with van der Waals surface area (Å²) in [5.74, 6) is -1.56. The minimum absolute atomic E-state index is 0.00834. The Morgan fingerprint density at radius 3 is 2.32 bits per heavy atom. The lowest BCUT2D eigenvalue weighted by molar-refractivity contribution is 0.102. The molecule has 0 unspecified atom stereocenters. The topological polar surface area (TPSA) is 49.3 Å². The molecule has 0 bridgehead atoms. The van der Waals surface area contributed by atoms with Gasteiger partial charge in [0, 0.05) is 11.6 Å². The quantitative estimate of drug-likeness (QED) is 0.785. The molecular formula is C17H17ClFNO2. The first kappa shape index (κ1) is 16.3. The van der Waals surface area contributed by atoms with E-state index in [1.165, 1.54) is 6.07 Å². The van der Waals surface area contributed by atoms with E-state index in [2.05, 4.69) is 26.1 Å². The summed E-state index contributed by atoms with van der Waals surface area (Å²) in [7, 11) is 0. The summed E-state index contributed by atoms with van der Waals surface area (Å²) in [6.45, 7) is 6.24. The van der Waals surface area contributed by atoms with Gasteiger partial charge in [0.05, 0.1) is 10.7 Å². The van der Waals surface area contributed by atoms with Crippen LogP contribution in [0.3, 0.4) is 0 Å². The zero-order valence-corrected chi connectivity index (χ0v) is 13.3. The molecule has 0 saturated carbocycles. The molecule has 22 heavy (non-hydrogen) atoms. The van der Waals surface area contributed by atoms with E-state index in [4.69, 9.17) is 11.6 Å². The van der Waals surface area contributed by atoms with Crippen molar-refractivity contribution in [2.24, 2.45) is 0 Å². The fourth-order valence-corrected chi connectivity index (χ4v) is 2.11. The predicted molar refractivity (Wildman–Crippen MR) is 86.2 cm³/mol. The first-order valence-electron chi connectivity index (χ1n) is 6.78. The van der Waals surface area contributed by atoms with Crippen LogP contribution in [0.15, 0.2) is 36.4 Å². The smallest absolute Gasteiger partial charge is 0.255 e. The van der Waals surface area contributed by atoms with Gasteiger partial charge in [-0.15, -0.1) is 0 Å². The molecule has 0 heterocycles. The van der Waals surface area contributed by atoms with E-state index >= 15 is 0 Å². The second-order valence-electron chi connectivity index (χ2n) is 6.06. The van der Waals surface area contributed by atoms with Gasteiger partial charge in [-0.3, -0.25) is 4.79 Å². The van der Waals surface area contributed by atoms with E-state index in [9.17, 15) is 14.3 Å². The number of rotatable bonds is 2. The van der Waals surface area contributed by atoms with Gasteiger partial charge in [0.2, 0.25) is 0 Å². The van der Waals surface area contributed by atoms with Gasteiger partial charge in [-0.05, 0) is 29.2 Å². The number of nitrogens with one attached hydrogen (secondary N) is 1. The Morgan fingerprint density at radius 1 is 1.18 bits per heavy atom. The average molecular weight is 322 g/mol.